The van der Waals surface area contributed by atoms with Crippen molar-refractivity contribution in [2.75, 3.05) is 19.0 Å². The number of hydrogen-bond acceptors (Lipinski definition) is 1. The van der Waals surface area contributed by atoms with E-state index in [1.807, 2.05) is 14.1 Å². The van der Waals surface area contributed by atoms with Gasteiger partial charge in [-0.25, -0.2) is 0 Å². The Balaban J connectivity index is 3.05. The van der Waals surface area contributed by atoms with Gasteiger partial charge >= 0.3 is 0 Å². The van der Waals surface area contributed by atoms with Gasteiger partial charge in [0.15, 0.2) is 0 Å². The first-order valence-electron chi connectivity index (χ1n) is 3.61. The Labute approximate surface area is 71.5 Å². The molecule has 11 heavy (non-hydrogen) atoms. The molecule has 0 fully saturated rings. The van der Waals surface area contributed by atoms with Gasteiger partial charge in [0.25, 0.3) is 0 Å². The highest BCUT2D eigenvalue weighted by Gasteiger charge is 1.96. The molecule has 57 valence electrons. The third-order valence-corrected chi connectivity index (χ3v) is 2.28. The predicted octanol–water partition coefficient (Wildman–Crippen LogP) is 0.855. The van der Waals surface area contributed by atoms with Crippen LogP contribution in [-0.4, -0.2) is 24.3 Å². The van der Waals surface area contributed by atoms with Crippen LogP contribution in [0.25, 0.3) is 0 Å². The van der Waals surface area contributed by atoms with Crippen molar-refractivity contribution < 1.29 is 0 Å². The van der Waals surface area contributed by atoms with Gasteiger partial charge in [0.05, 0.1) is 10.2 Å². The topological polar surface area (TPSA) is 3.24 Å². The zero-order valence-corrected chi connectivity index (χ0v) is 8.18. The van der Waals surface area contributed by atoms with E-state index in [2.05, 4.69) is 40.3 Å². The van der Waals surface area contributed by atoms with Crippen LogP contribution in [0.1, 0.15) is 5.56 Å². The number of rotatable bonds is 1. The molecule has 1 aromatic carbocycles. The second kappa shape index (κ2) is 3.09. The molecule has 0 aromatic heterocycles. The molecule has 0 saturated carbocycles. The zero-order valence-electron chi connectivity index (χ0n) is 7.18. The maximum absolute atomic E-state index is 3.54. The van der Waals surface area contributed by atoms with E-state index in [0.717, 1.165) is 5.19 Å². The van der Waals surface area contributed by atoms with E-state index in [1.54, 1.807) is 0 Å². The molecular weight excluding hydrogens is 150 g/mol. The van der Waals surface area contributed by atoms with Crippen molar-refractivity contribution in [3.05, 3.63) is 23.8 Å². The van der Waals surface area contributed by atoms with E-state index in [-0.39, 0.29) is 0 Å². The summed E-state index contributed by atoms with van der Waals surface area (Å²) in [7, 11) is 7.61. The molecule has 0 spiro atoms. The Kier molecular flexibility index (Phi) is 2.34. The SMILES string of the molecule is Cc1ccc(N(C)C)cc1[Si]. The van der Waals surface area contributed by atoms with Crippen LogP contribution in [0.2, 0.25) is 0 Å². The van der Waals surface area contributed by atoms with Gasteiger partial charge in [0.1, 0.15) is 0 Å². The second-order valence-electron chi connectivity index (χ2n) is 2.89. The van der Waals surface area contributed by atoms with Crippen molar-refractivity contribution >= 4 is 21.1 Å². The fourth-order valence-corrected chi connectivity index (χ4v) is 1.12. The van der Waals surface area contributed by atoms with Gasteiger partial charge in [-0.3, -0.25) is 0 Å². The van der Waals surface area contributed by atoms with E-state index in [9.17, 15) is 0 Å². The first-order chi connectivity index (χ1) is 5.11. The van der Waals surface area contributed by atoms with E-state index < -0.39 is 0 Å². The van der Waals surface area contributed by atoms with Crippen molar-refractivity contribution in [1.29, 1.82) is 0 Å². The lowest BCUT2D eigenvalue weighted by Gasteiger charge is -2.13. The van der Waals surface area contributed by atoms with Crippen LogP contribution in [-0.2, 0) is 0 Å². The van der Waals surface area contributed by atoms with Crippen LogP contribution < -0.4 is 10.1 Å². The van der Waals surface area contributed by atoms with Gasteiger partial charge in [-0.15, -0.1) is 0 Å². The van der Waals surface area contributed by atoms with Gasteiger partial charge < -0.3 is 4.90 Å². The molecule has 1 nitrogen and oxygen atoms in total. The molecule has 0 N–H and O–H groups in total. The average Bonchev–Trinajstić information content (AvgIpc) is 1.94. The second-order valence-corrected chi connectivity index (χ2v) is 3.43. The predicted molar refractivity (Wildman–Crippen MR) is 50.9 cm³/mol. The Morgan fingerprint density at radius 1 is 1.27 bits per heavy atom. The Morgan fingerprint density at radius 3 is 2.36 bits per heavy atom. The molecule has 0 unspecified atom stereocenters. The maximum atomic E-state index is 3.54. The number of nitrogens with zero attached hydrogens (tertiary/aromatic N) is 1. The normalized spacial score (nSPS) is 9.82. The van der Waals surface area contributed by atoms with Crippen molar-refractivity contribution in [3.8, 4) is 0 Å². The molecule has 0 amide bonds. The summed E-state index contributed by atoms with van der Waals surface area (Å²) in [5.74, 6) is 0. The summed E-state index contributed by atoms with van der Waals surface area (Å²) in [6.07, 6.45) is 0. The highest BCUT2D eigenvalue weighted by atomic mass is 28.1. The lowest BCUT2D eigenvalue weighted by atomic mass is 10.2. The fraction of sp³-hybridized carbons (Fsp3) is 0.333. The van der Waals surface area contributed by atoms with Crippen molar-refractivity contribution in [2.24, 2.45) is 0 Å². The van der Waals surface area contributed by atoms with Gasteiger partial charge in [0, 0.05) is 19.8 Å². The summed E-state index contributed by atoms with van der Waals surface area (Å²) in [5, 5.41) is 1.16. The Hall–Kier alpha value is -0.763. The van der Waals surface area contributed by atoms with E-state index in [4.69, 9.17) is 0 Å². The third kappa shape index (κ3) is 1.83. The summed E-state index contributed by atoms with van der Waals surface area (Å²) in [6, 6.07) is 6.34. The lowest BCUT2D eigenvalue weighted by Crippen LogP contribution is -2.14. The summed E-state index contributed by atoms with van der Waals surface area (Å²) < 4.78 is 0. The van der Waals surface area contributed by atoms with Crippen LogP contribution in [0.3, 0.4) is 0 Å². The molecule has 0 saturated heterocycles. The molecular formula is C9H12NSi. The van der Waals surface area contributed by atoms with Crippen molar-refractivity contribution in [3.63, 3.8) is 0 Å². The van der Waals surface area contributed by atoms with Gasteiger partial charge in [-0.2, -0.15) is 0 Å². The molecule has 2 heteroatoms. The summed E-state index contributed by atoms with van der Waals surface area (Å²) in [4.78, 5) is 2.09. The summed E-state index contributed by atoms with van der Waals surface area (Å²) in [6.45, 7) is 2.09. The first kappa shape index (κ1) is 8.33. The standard InChI is InChI=1S/C9H12NSi/c1-7-4-5-8(10(2)3)6-9(7)11/h4-6H,1-3H3. The molecule has 0 heterocycles. The quantitative estimate of drug-likeness (QED) is 0.554. The third-order valence-electron chi connectivity index (χ3n) is 1.74. The van der Waals surface area contributed by atoms with Crippen LogP contribution >= 0.6 is 0 Å². The molecule has 0 bridgehead atoms. The molecule has 3 radical (unpaired) electrons. The van der Waals surface area contributed by atoms with E-state index >= 15 is 0 Å². The van der Waals surface area contributed by atoms with Crippen LogP contribution in [0.5, 0.6) is 0 Å². The fourth-order valence-electron chi connectivity index (χ4n) is 0.888. The first-order valence-corrected chi connectivity index (χ1v) is 4.11. The van der Waals surface area contributed by atoms with Crippen molar-refractivity contribution in [2.45, 2.75) is 6.92 Å². The minimum atomic E-state index is 1.16. The summed E-state index contributed by atoms with van der Waals surface area (Å²) >= 11 is 0. The maximum Gasteiger partial charge on any atom is 0.0716 e. The number of hydrogen-bond donors (Lipinski definition) is 0. The molecule has 0 aliphatic carbocycles. The molecule has 1 aromatic rings. The smallest absolute Gasteiger partial charge is 0.0716 e. The molecule has 0 aliphatic heterocycles. The largest absolute Gasteiger partial charge is 0.378 e. The van der Waals surface area contributed by atoms with E-state index in [0.29, 0.717) is 0 Å². The van der Waals surface area contributed by atoms with Crippen LogP contribution in [0.4, 0.5) is 5.69 Å². The van der Waals surface area contributed by atoms with Crippen molar-refractivity contribution in [1.82, 2.24) is 0 Å². The number of anilines is 1. The Morgan fingerprint density at radius 2 is 1.91 bits per heavy atom. The minimum Gasteiger partial charge on any atom is -0.378 e. The zero-order chi connectivity index (χ0) is 8.43. The van der Waals surface area contributed by atoms with Gasteiger partial charge in [-0.05, 0) is 19.1 Å². The Bertz CT molecular complexity index is 256. The average molecular weight is 162 g/mol. The summed E-state index contributed by atoms with van der Waals surface area (Å²) in [5.41, 5.74) is 2.49. The van der Waals surface area contributed by atoms with Gasteiger partial charge in [0.2, 0.25) is 0 Å². The van der Waals surface area contributed by atoms with Crippen LogP contribution in [0.15, 0.2) is 18.2 Å². The molecule has 0 aliphatic rings. The lowest BCUT2D eigenvalue weighted by molar-refractivity contribution is 1.13. The van der Waals surface area contributed by atoms with Gasteiger partial charge in [-0.1, -0.05) is 16.8 Å². The highest BCUT2D eigenvalue weighted by Crippen LogP contribution is 2.08. The van der Waals surface area contributed by atoms with Crippen LogP contribution in [0, 0.1) is 6.92 Å². The molecule has 1 rings (SSSR count). The minimum absolute atomic E-state index is 1.16. The monoisotopic (exact) mass is 162 g/mol. The molecule has 0 atom stereocenters. The highest BCUT2D eigenvalue weighted by molar-refractivity contribution is 6.33. The number of aryl methyl sites for hydroxylation is 1. The number of benzene rings is 1. The van der Waals surface area contributed by atoms with E-state index in [1.165, 1.54) is 11.3 Å².